The summed E-state index contributed by atoms with van der Waals surface area (Å²) in [5, 5.41) is 6.98. The van der Waals surface area contributed by atoms with Gasteiger partial charge in [0.15, 0.2) is 0 Å². The highest BCUT2D eigenvalue weighted by atomic mass is 32.1. The lowest BCUT2D eigenvalue weighted by Crippen LogP contribution is -2.46. The van der Waals surface area contributed by atoms with Gasteiger partial charge in [0.2, 0.25) is 5.91 Å². The van der Waals surface area contributed by atoms with Crippen molar-refractivity contribution in [1.82, 2.24) is 10.2 Å². The Hall–Kier alpha value is -2.51. The average Bonchev–Trinajstić information content (AvgIpc) is 3.46. The topological polar surface area (TPSA) is 49.4 Å². The fraction of sp³-hybridized carbons (Fsp3) is 0.273. The molecule has 0 unspecified atom stereocenters. The lowest BCUT2D eigenvalue weighted by molar-refractivity contribution is -0.126. The maximum atomic E-state index is 13.4. The molecule has 1 fully saturated rings. The van der Waals surface area contributed by atoms with E-state index in [9.17, 15) is 14.0 Å². The number of rotatable bonds is 5. The van der Waals surface area contributed by atoms with Crippen molar-refractivity contribution < 1.29 is 14.0 Å². The van der Waals surface area contributed by atoms with Gasteiger partial charge in [-0.25, -0.2) is 4.39 Å². The highest BCUT2D eigenvalue weighted by Gasteiger charge is 2.31. The zero-order chi connectivity index (χ0) is 20.2. The SMILES string of the molecule is O=C(N[C@H](c1ccc(F)cc1)c1cccs1)[C@H]1CCCN(C(=O)c2cccs2)C1. The van der Waals surface area contributed by atoms with Crippen LogP contribution in [0, 0.1) is 11.7 Å². The van der Waals surface area contributed by atoms with Crippen LogP contribution < -0.4 is 5.32 Å². The molecule has 3 heterocycles. The molecule has 3 aromatic rings. The van der Waals surface area contributed by atoms with E-state index in [1.54, 1.807) is 28.4 Å². The number of nitrogens with one attached hydrogen (secondary N) is 1. The summed E-state index contributed by atoms with van der Waals surface area (Å²) < 4.78 is 13.4. The summed E-state index contributed by atoms with van der Waals surface area (Å²) in [6.07, 6.45) is 1.55. The third kappa shape index (κ3) is 4.57. The van der Waals surface area contributed by atoms with Gasteiger partial charge in [-0.15, -0.1) is 22.7 Å². The van der Waals surface area contributed by atoms with E-state index in [-0.39, 0.29) is 29.6 Å². The van der Waals surface area contributed by atoms with Crippen LogP contribution in [0.25, 0.3) is 0 Å². The van der Waals surface area contributed by atoms with E-state index in [4.69, 9.17) is 0 Å². The largest absolute Gasteiger partial charge is 0.344 e. The fourth-order valence-corrected chi connectivity index (χ4v) is 5.11. The van der Waals surface area contributed by atoms with Gasteiger partial charge in [-0.2, -0.15) is 0 Å². The van der Waals surface area contributed by atoms with E-state index in [1.165, 1.54) is 23.5 Å². The summed E-state index contributed by atoms with van der Waals surface area (Å²) >= 11 is 2.97. The van der Waals surface area contributed by atoms with Crippen LogP contribution in [0.4, 0.5) is 4.39 Å². The van der Waals surface area contributed by atoms with Crippen molar-refractivity contribution in [2.45, 2.75) is 18.9 Å². The molecule has 150 valence electrons. The van der Waals surface area contributed by atoms with E-state index >= 15 is 0 Å². The molecule has 1 N–H and O–H groups in total. The number of thiophene rings is 2. The Morgan fingerprint density at radius 2 is 1.83 bits per heavy atom. The van der Waals surface area contributed by atoms with E-state index in [2.05, 4.69) is 5.32 Å². The monoisotopic (exact) mass is 428 g/mol. The number of amides is 2. The number of hydrogen-bond donors (Lipinski definition) is 1. The van der Waals surface area contributed by atoms with Crippen molar-refractivity contribution >= 4 is 34.5 Å². The Morgan fingerprint density at radius 1 is 1.07 bits per heavy atom. The molecular weight excluding hydrogens is 407 g/mol. The summed E-state index contributed by atoms with van der Waals surface area (Å²) in [7, 11) is 0. The molecule has 1 saturated heterocycles. The second kappa shape index (κ2) is 8.88. The molecule has 2 aromatic heterocycles. The van der Waals surface area contributed by atoms with Crippen molar-refractivity contribution in [1.29, 1.82) is 0 Å². The van der Waals surface area contributed by atoms with Crippen molar-refractivity contribution in [3.63, 3.8) is 0 Å². The molecule has 0 radical (unpaired) electrons. The minimum absolute atomic E-state index is 0.00848. The third-order valence-electron chi connectivity index (χ3n) is 5.13. The van der Waals surface area contributed by atoms with Crippen LogP contribution in [-0.4, -0.2) is 29.8 Å². The third-order valence-corrected chi connectivity index (χ3v) is 6.92. The Bertz CT molecular complexity index is 955. The van der Waals surface area contributed by atoms with E-state index in [1.807, 2.05) is 35.0 Å². The van der Waals surface area contributed by atoms with Crippen LogP contribution in [0.15, 0.2) is 59.3 Å². The zero-order valence-electron chi connectivity index (χ0n) is 15.7. The van der Waals surface area contributed by atoms with Gasteiger partial charge in [-0.3, -0.25) is 9.59 Å². The van der Waals surface area contributed by atoms with Crippen LogP contribution in [0.5, 0.6) is 0 Å². The number of carbonyl (C=O) groups excluding carboxylic acids is 2. The van der Waals surface area contributed by atoms with Crippen LogP contribution >= 0.6 is 22.7 Å². The normalized spacial score (nSPS) is 17.7. The summed E-state index contributed by atoms with van der Waals surface area (Å²) in [5.41, 5.74) is 0.838. The molecule has 1 aromatic carbocycles. The van der Waals surface area contributed by atoms with Gasteiger partial charge in [0.25, 0.3) is 5.91 Å². The molecule has 4 rings (SSSR count). The summed E-state index contributed by atoms with van der Waals surface area (Å²) in [6, 6.07) is 13.5. The smallest absolute Gasteiger partial charge is 0.263 e. The van der Waals surface area contributed by atoms with Crippen LogP contribution in [-0.2, 0) is 4.79 Å². The molecule has 29 heavy (non-hydrogen) atoms. The maximum absolute atomic E-state index is 13.4. The second-order valence-corrected chi connectivity index (χ2v) is 9.00. The Kier molecular flexibility index (Phi) is 6.06. The number of piperidine rings is 1. The minimum Gasteiger partial charge on any atom is -0.344 e. The molecule has 0 aliphatic carbocycles. The van der Waals surface area contributed by atoms with Crippen molar-refractivity contribution in [2.24, 2.45) is 5.92 Å². The highest BCUT2D eigenvalue weighted by Crippen LogP contribution is 2.28. The predicted octanol–water partition coefficient (Wildman–Crippen LogP) is 4.71. The minimum atomic E-state index is -0.327. The van der Waals surface area contributed by atoms with Crippen molar-refractivity contribution in [3.8, 4) is 0 Å². The predicted molar refractivity (Wildman–Crippen MR) is 114 cm³/mol. The van der Waals surface area contributed by atoms with E-state index in [0.717, 1.165) is 23.3 Å². The zero-order valence-corrected chi connectivity index (χ0v) is 17.3. The Labute approximate surface area is 177 Å². The molecule has 2 amide bonds. The lowest BCUT2D eigenvalue weighted by atomic mass is 9.95. The summed E-state index contributed by atoms with van der Waals surface area (Å²) in [6.45, 7) is 1.09. The van der Waals surface area contributed by atoms with E-state index in [0.29, 0.717) is 18.0 Å². The molecule has 0 saturated carbocycles. The molecule has 0 bridgehead atoms. The molecule has 1 aliphatic rings. The maximum Gasteiger partial charge on any atom is 0.263 e. The summed E-state index contributed by atoms with van der Waals surface area (Å²) in [5.74, 6) is -0.641. The van der Waals surface area contributed by atoms with Gasteiger partial charge in [-0.05, 0) is 53.4 Å². The van der Waals surface area contributed by atoms with Crippen molar-refractivity contribution in [2.75, 3.05) is 13.1 Å². The molecule has 4 nitrogen and oxygen atoms in total. The number of halogens is 1. The number of benzene rings is 1. The molecule has 1 aliphatic heterocycles. The van der Waals surface area contributed by atoms with Crippen LogP contribution in [0.1, 0.15) is 39.0 Å². The fourth-order valence-electron chi connectivity index (χ4n) is 3.62. The summed E-state index contributed by atoms with van der Waals surface area (Å²) in [4.78, 5) is 29.2. The number of carbonyl (C=O) groups is 2. The number of likely N-dealkylation sites (tertiary alicyclic amines) is 1. The first-order valence-corrected chi connectivity index (χ1v) is 11.3. The van der Waals surface area contributed by atoms with Gasteiger partial charge in [0.1, 0.15) is 5.82 Å². The second-order valence-electron chi connectivity index (χ2n) is 7.08. The Morgan fingerprint density at radius 3 is 2.52 bits per heavy atom. The van der Waals surface area contributed by atoms with Gasteiger partial charge in [0, 0.05) is 18.0 Å². The Balaban J connectivity index is 1.48. The first-order valence-electron chi connectivity index (χ1n) is 9.54. The van der Waals surface area contributed by atoms with Crippen molar-refractivity contribution in [3.05, 3.63) is 80.4 Å². The highest BCUT2D eigenvalue weighted by molar-refractivity contribution is 7.12. The van der Waals surface area contributed by atoms with Crippen LogP contribution in [0.2, 0.25) is 0 Å². The van der Waals surface area contributed by atoms with E-state index < -0.39 is 0 Å². The van der Waals surface area contributed by atoms with Gasteiger partial charge < -0.3 is 10.2 Å². The van der Waals surface area contributed by atoms with Gasteiger partial charge in [-0.1, -0.05) is 24.3 Å². The number of nitrogens with zero attached hydrogens (tertiary/aromatic N) is 1. The van der Waals surface area contributed by atoms with Gasteiger partial charge in [0.05, 0.1) is 16.8 Å². The molecule has 0 spiro atoms. The van der Waals surface area contributed by atoms with Gasteiger partial charge >= 0.3 is 0 Å². The lowest BCUT2D eigenvalue weighted by Gasteiger charge is -2.32. The average molecular weight is 429 g/mol. The first-order chi connectivity index (χ1) is 14.1. The molecular formula is C22H21FN2O2S2. The quantitative estimate of drug-likeness (QED) is 0.640. The first kappa shape index (κ1) is 19.8. The van der Waals surface area contributed by atoms with Crippen LogP contribution in [0.3, 0.4) is 0 Å². The number of hydrogen-bond acceptors (Lipinski definition) is 4. The molecule has 7 heteroatoms. The molecule has 2 atom stereocenters. The standard InChI is InChI=1S/C22H21FN2O2S2/c23-17-9-7-15(8-10-17)20(18-5-2-12-28-18)24-21(26)16-4-1-11-25(14-16)22(27)19-6-3-13-29-19/h2-3,5-10,12-13,16,20H,1,4,11,14H2,(H,24,26)/t16-,20+/m0/s1.